The Labute approximate surface area is 189 Å². The average molecular weight is 432 g/mol. The number of hydrogen-bond donors (Lipinski definition) is 1. The molecule has 0 aliphatic carbocycles. The van der Waals surface area contributed by atoms with Gasteiger partial charge in [0.1, 0.15) is 11.5 Å². The van der Waals surface area contributed by atoms with Gasteiger partial charge in [-0.05, 0) is 48.0 Å². The van der Waals surface area contributed by atoms with Gasteiger partial charge in [0.15, 0.2) is 0 Å². The van der Waals surface area contributed by atoms with Crippen LogP contribution < -0.4 is 15.0 Å². The Kier molecular flexibility index (Phi) is 7.25. The normalized spacial score (nSPS) is 15.6. The van der Waals surface area contributed by atoms with E-state index in [-0.39, 0.29) is 11.9 Å². The van der Waals surface area contributed by atoms with Crippen molar-refractivity contribution >= 4 is 17.7 Å². The quantitative estimate of drug-likeness (QED) is 0.547. The molecule has 0 spiro atoms. The van der Waals surface area contributed by atoms with E-state index < -0.39 is 0 Å². The summed E-state index contributed by atoms with van der Waals surface area (Å²) >= 11 is 0. The van der Waals surface area contributed by atoms with Crippen molar-refractivity contribution in [3.63, 3.8) is 0 Å². The Morgan fingerprint density at radius 3 is 2.44 bits per heavy atom. The van der Waals surface area contributed by atoms with Gasteiger partial charge in [0.05, 0.1) is 19.4 Å². The molecule has 6 nitrogen and oxygen atoms in total. The molecule has 0 radical (unpaired) electrons. The average Bonchev–Trinajstić information content (AvgIpc) is 3.39. The van der Waals surface area contributed by atoms with Crippen molar-refractivity contribution in [3.05, 3.63) is 90.4 Å². The minimum absolute atomic E-state index is 0.00269. The lowest BCUT2D eigenvalue weighted by Gasteiger charge is -2.39. The number of methoxy groups -OCH3 is 1. The van der Waals surface area contributed by atoms with Crippen molar-refractivity contribution < 1.29 is 13.9 Å². The van der Waals surface area contributed by atoms with Crippen molar-refractivity contribution in [1.82, 2.24) is 10.2 Å². The standard InChI is InChI=1S/C26H29N3O3/c1-31-23-12-10-22(11-13-23)28-15-17-29(18-16-28)24(25-8-5-19-32-25)20-27-26(30)14-9-21-6-3-2-4-7-21/h2-14,19,24H,15-18,20H2,1H3,(H,27,30)/b14-9+. The van der Waals surface area contributed by atoms with Gasteiger partial charge >= 0.3 is 0 Å². The first-order valence-electron chi connectivity index (χ1n) is 10.9. The van der Waals surface area contributed by atoms with Crippen molar-refractivity contribution in [2.24, 2.45) is 0 Å². The fourth-order valence-electron chi connectivity index (χ4n) is 3.97. The molecular weight excluding hydrogens is 402 g/mol. The van der Waals surface area contributed by atoms with E-state index in [1.165, 1.54) is 5.69 Å². The number of hydrogen-bond acceptors (Lipinski definition) is 5. The van der Waals surface area contributed by atoms with E-state index in [2.05, 4.69) is 27.2 Å². The molecule has 1 amide bonds. The zero-order chi connectivity index (χ0) is 22.2. The number of piperazine rings is 1. The Bertz CT molecular complexity index is 993. The number of nitrogens with one attached hydrogen (secondary N) is 1. The van der Waals surface area contributed by atoms with Gasteiger partial charge in [0.25, 0.3) is 0 Å². The molecule has 166 valence electrons. The van der Waals surface area contributed by atoms with Crippen LogP contribution in [0.5, 0.6) is 5.75 Å². The molecule has 0 bridgehead atoms. The van der Waals surface area contributed by atoms with E-state index in [4.69, 9.17) is 9.15 Å². The number of anilines is 1. The lowest BCUT2D eigenvalue weighted by atomic mass is 10.1. The van der Waals surface area contributed by atoms with E-state index in [1.54, 1.807) is 19.4 Å². The SMILES string of the molecule is COc1ccc(N2CCN(C(CNC(=O)/C=C/c3ccccc3)c3ccco3)CC2)cc1. The number of amides is 1. The highest BCUT2D eigenvalue weighted by Crippen LogP contribution is 2.25. The van der Waals surface area contributed by atoms with Gasteiger partial charge in [-0.2, -0.15) is 0 Å². The van der Waals surface area contributed by atoms with Gasteiger partial charge in [-0.15, -0.1) is 0 Å². The molecular formula is C26H29N3O3. The highest BCUT2D eigenvalue weighted by Gasteiger charge is 2.27. The van der Waals surface area contributed by atoms with E-state index in [9.17, 15) is 4.79 Å². The molecule has 1 unspecified atom stereocenters. The monoisotopic (exact) mass is 431 g/mol. The minimum atomic E-state index is -0.109. The molecule has 1 saturated heterocycles. The second-order valence-electron chi connectivity index (χ2n) is 7.74. The number of ether oxygens (including phenoxy) is 1. The molecule has 1 aliphatic heterocycles. The number of benzene rings is 2. The maximum absolute atomic E-state index is 12.4. The second kappa shape index (κ2) is 10.7. The number of carbonyl (C=O) groups is 1. The highest BCUT2D eigenvalue weighted by molar-refractivity contribution is 5.91. The van der Waals surface area contributed by atoms with Gasteiger partial charge in [-0.1, -0.05) is 30.3 Å². The number of nitrogens with zero attached hydrogens (tertiary/aromatic N) is 2. The maximum atomic E-state index is 12.4. The molecule has 3 aromatic rings. The molecule has 4 rings (SSSR count). The van der Waals surface area contributed by atoms with E-state index in [0.29, 0.717) is 6.54 Å². The summed E-state index contributed by atoms with van der Waals surface area (Å²) in [5.41, 5.74) is 2.19. The summed E-state index contributed by atoms with van der Waals surface area (Å²) in [6.07, 6.45) is 5.09. The maximum Gasteiger partial charge on any atom is 0.244 e. The summed E-state index contributed by atoms with van der Waals surface area (Å²) in [6, 6.07) is 21.9. The largest absolute Gasteiger partial charge is 0.497 e. The van der Waals surface area contributed by atoms with Crippen molar-refractivity contribution in [2.75, 3.05) is 44.7 Å². The van der Waals surface area contributed by atoms with Gasteiger partial charge in [0.2, 0.25) is 5.91 Å². The zero-order valence-electron chi connectivity index (χ0n) is 18.3. The third-order valence-corrected chi connectivity index (χ3v) is 5.76. The summed E-state index contributed by atoms with van der Waals surface area (Å²) in [6.45, 7) is 4.07. The van der Waals surface area contributed by atoms with Gasteiger partial charge in [-0.3, -0.25) is 9.69 Å². The van der Waals surface area contributed by atoms with Crippen LogP contribution >= 0.6 is 0 Å². The molecule has 1 aliphatic rings. The van der Waals surface area contributed by atoms with Gasteiger partial charge in [0, 0.05) is 44.5 Å². The molecule has 1 N–H and O–H groups in total. The van der Waals surface area contributed by atoms with Crippen LogP contribution in [0.25, 0.3) is 6.08 Å². The Morgan fingerprint density at radius 2 is 1.78 bits per heavy atom. The lowest BCUT2D eigenvalue weighted by molar-refractivity contribution is -0.116. The zero-order valence-corrected chi connectivity index (χ0v) is 18.3. The highest BCUT2D eigenvalue weighted by atomic mass is 16.5. The molecule has 32 heavy (non-hydrogen) atoms. The van der Waals surface area contributed by atoms with Crippen LogP contribution in [-0.4, -0.2) is 50.6 Å². The molecule has 6 heteroatoms. The number of furan rings is 1. The van der Waals surface area contributed by atoms with E-state index >= 15 is 0 Å². The molecule has 1 atom stereocenters. The van der Waals surface area contributed by atoms with Gasteiger partial charge < -0.3 is 19.4 Å². The second-order valence-corrected chi connectivity index (χ2v) is 7.74. The molecule has 1 aromatic heterocycles. The number of carbonyl (C=O) groups excluding carboxylic acids is 1. The molecule has 2 aromatic carbocycles. The first-order chi connectivity index (χ1) is 15.7. The van der Waals surface area contributed by atoms with Crippen molar-refractivity contribution in [1.29, 1.82) is 0 Å². The van der Waals surface area contributed by atoms with Crippen molar-refractivity contribution in [2.45, 2.75) is 6.04 Å². The molecule has 1 fully saturated rings. The third-order valence-electron chi connectivity index (χ3n) is 5.76. The predicted octanol–water partition coefficient (Wildman–Crippen LogP) is 3.98. The first-order valence-corrected chi connectivity index (χ1v) is 10.9. The summed E-state index contributed by atoms with van der Waals surface area (Å²) in [5, 5.41) is 3.04. The van der Waals surface area contributed by atoms with Crippen LogP contribution in [0.15, 0.2) is 83.5 Å². The summed E-state index contributed by atoms with van der Waals surface area (Å²) in [5.74, 6) is 1.62. The van der Waals surface area contributed by atoms with Crippen LogP contribution in [0, 0.1) is 0 Å². The van der Waals surface area contributed by atoms with Crippen LogP contribution in [0.3, 0.4) is 0 Å². The third kappa shape index (κ3) is 5.59. The van der Waals surface area contributed by atoms with Crippen LogP contribution in [0.4, 0.5) is 5.69 Å². The minimum Gasteiger partial charge on any atom is -0.497 e. The topological polar surface area (TPSA) is 58.0 Å². The van der Waals surface area contributed by atoms with E-state index in [0.717, 1.165) is 43.3 Å². The number of rotatable bonds is 8. The summed E-state index contributed by atoms with van der Waals surface area (Å²) in [4.78, 5) is 17.1. The summed E-state index contributed by atoms with van der Waals surface area (Å²) in [7, 11) is 1.68. The predicted molar refractivity (Wildman–Crippen MR) is 127 cm³/mol. The lowest BCUT2D eigenvalue weighted by Crippen LogP contribution is -2.49. The molecule has 2 heterocycles. The Morgan fingerprint density at radius 1 is 1.03 bits per heavy atom. The fraction of sp³-hybridized carbons (Fsp3) is 0.269. The Hall–Kier alpha value is -3.51. The summed E-state index contributed by atoms with van der Waals surface area (Å²) < 4.78 is 11.0. The Balaban J connectivity index is 1.35. The van der Waals surface area contributed by atoms with Crippen LogP contribution in [-0.2, 0) is 4.79 Å². The molecule has 0 saturated carbocycles. The van der Waals surface area contributed by atoms with Crippen LogP contribution in [0.1, 0.15) is 17.4 Å². The van der Waals surface area contributed by atoms with E-state index in [1.807, 2.05) is 60.7 Å². The van der Waals surface area contributed by atoms with Crippen molar-refractivity contribution in [3.8, 4) is 5.75 Å². The van der Waals surface area contributed by atoms with Crippen LogP contribution in [0.2, 0.25) is 0 Å². The fourth-order valence-corrected chi connectivity index (χ4v) is 3.97. The van der Waals surface area contributed by atoms with Gasteiger partial charge in [-0.25, -0.2) is 0 Å². The first kappa shape index (κ1) is 21.7. The smallest absolute Gasteiger partial charge is 0.244 e.